The third kappa shape index (κ3) is 4.31. The normalized spacial score (nSPS) is 22.6. The van der Waals surface area contributed by atoms with Crippen molar-refractivity contribution in [1.29, 1.82) is 0 Å². The zero-order valence-electron chi connectivity index (χ0n) is 20.9. The second-order valence-electron chi connectivity index (χ2n) is 10.2. The van der Waals surface area contributed by atoms with Gasteiger partial charge in [0.25, 0.3) is 0 Å². The van der Waals surface area contributed by atoms with E-state index in [0.717, 1.165) is 34.3 Å². The number of hydrogen-bond acceptors (Lipinski definition) is 3. The first kappa shape index (κ1) is 25.8. The van der Waals surface area contributed by atoms with E-state index in [1.807, 2.05) is 31.2 Å². The number of aromatic nitrogens is 1. The minimum atomic E-state index is -4.56. The average molecular weight is 528 g/mol. The van der Waals surface area contributed by atoms with Gasteiger partial charge in [0.15, 0.2) is 0 Å². The third-order valence-electron chi connectivity index (χ3n) is 7.96. The van der Waals surface area contributed by atoms with Crippen molar-refractivity contribution in [3.63, 3.8) is 0 Å². The maximum atomic E-state index is 13.8. The van der Waals surface area contributed by atoms with Gasteiger partial charge in [0, 0.05) is 23.0 Å². The first-order chi connectivity index (χ1) is 18.0. The maximum Gasteiger partial charge on any atom is 0.416 e. The summed E-state index contributed by atoms with van der Waals surface area (Å²) >= 11 is 0. The monoisotopic (exact) mass is 527 g/mol. The summed E-state index contributed by atoms with van der Waals surface area (Å²) in [5.74, 6) is -3.42. The Morgan fingerprint density at radius 2 is 1.92 bits per heavy atom. The number of nitrogens with one attached hydrogen (secondary N) is 2. The summed E-state index contributed by atoms with van der Waals surface area (Å²) in [7, 11) is 0. The van der Waals surface area contributed by atoms with Gasteiger partial charge in [-0.05, 0) is 35.6 Å². The van der Waals surface area contributed by atoms with Crippen LogP contribution in [0.1, 0.15) is 61.0 Å². The smallest absolute Gasteiger partial charge is 0.416 e. The fraction of sp³-hybridized carbons (Fsp3) is 0.393. The molecule has 7 nitrogen and oxygen atoms in total. The van der Waals surface area contributed by atoms with E-state index in [4.69, 9.17) is 0 Å². The molecule has 5 rings (SSSR count). The van der Waals surface area contributed by atoms with E-state index in [0.29, 0.717) is 6.42 Å². The lowest BCUT2D eigenvalue weighted by Gasteiger charge is -2.37. The zero-order chi connectivity index (χ0) is 27.4. The number of amides is 2. The summed E-state index contributed by atoms with van der Waals surface area (Å²) < 4.78 is 40.2. The van der Waals surface area contributed by atoms with Crippen LogP contribution in [0.25, 0.3) is 10.9 Å². The minimum Gasteiger partial charge on any atom is -0.480 e. The number of carbonyl (C=O) groups excluding carboxylic acids is 2. The molecule has 200 valence electrons. The van der Waals surface area contributed by atoms with Crippen LogP contribution < -0.4 is 5.32 Å². The van der Waals surface area contributed by atoms with Gasteiger partial charge in [0.1, 0.15) is 12.1 Å². The molecule has 2 aliphatic rings. The molecule has 3 aromatic rings. The van der Waals surface area contributed by atoms with Crippen molar-refractivity contribution in [3.05, 3.63) is 70.9 Å². The number of rotatable bonds is 6. The van der Waals surface area contributed by atoms with Crippen LogP contribution in [-0.2, 0) is 27.0 Å². The van der Waals surface area contributed by atoms with Gasteiger partial charge in [-0.2, -0.15) is 13.2 Å². The quantitative estimate of drug-likeness (QED) is 0.429. The fourth-order valence-corrected chi connectivity index (χ4v) is 5.78. The minimum absolute atomic E-state index is 0.162. The van der Waals surface area contributed by atoms with Crippen LogP contribution in [0.5, 0.6) is 0 Å². The Hall–Kier alpha value is -3.82. The number of nitrogens with zero attached hydrogens (tertiary/aromatic N) is 1. The number of carboxylic acids is 1. The summed E-state index contributed by atoms with van der Waals surface area (Å²) in [4.78, 5) is 44.1. The van der Waals surface area contributed by atoms with E-state index in [1.165, 1.54) is 17.0 Å². The summed E-state index contributed by atoms with van der Waals surface area (Å²) in [6.07, 6.45) is -3.68. The topological polar surface area (TPSA) is 103 Å². The summed E-state index contributed by atoms with van der Waals surface area (Å²) in [5, 5.41) is 13.2. The van der Waals surface area contributed by atoms with Crippen molar-refractivity contribution >= 4 is 28.7 Å². The van der Waals surface area contributed by atoms with Crippen LogP contribution in [0.4, 0.5) is 13.2 Å². The Kier molecular flexibility index (Phi) is 6.44. The zero-order valence-corrected chi connectivity index (χ0v) is 20.9. The number of aliphatic carboxylic acids is 1. The molecule has 2 aromatic carbocycles. The Bertz CT molecular complexity index is 1420. The molecular weight excluding hydrogens is 499 g/mol. The highest BCUT2D eigenvalue weighted by atomic mass is 19.4. The summed E-state index contributed by atoms with van der Waals surface area (Å²) in [5.41, 5.74) is 1.84. The predicted octanol–water partition coefficient (Wildman–Crippen LogP) is 4.78. The molecule has 10 heteroatoms. The lowest BCUT2D eigenvalue weighted by molar-refractivity contribution is -0.146. The van der Waals surface area contributed by atoms with E-state index >= 15 is 0 Å². The number of para-hydroxylation sites is 1. The Labute approximate surface area is 217 Å². The van der Waals surface area contributed by atoms with E-state index in [2.05, 4.69) is 10.3 Å². The molecule has 3 N–H and O–H groups in total. The fourth-order valence-electron chi connectivity index (χ4n) is 5.78. The lowest BCUT2D eigenvalue weighted by atomic mass is 9.89. The highest BCUT2D eigenvalue weighted by Crippen LogP contribution is 2.48. The molecule has 1 fully saturated rings. The third-order valence-corrected chi connectivity index (χ3v) is 7.96. The van der Waals surface area contributed by atoms with Gasteiger partial charge < -0.3 is 20.3 Å². The molecule has 2 unspecified atom stereocenters. The predicted molar refractivity (Wildman–Crippen MR) is 133 cm³/mol. The van der Waals surface area contributed by atoms with Crippen molar-refractivity contribution in [3.8, 4) is 0 Å². The van der Waals surface area contributed by atoms with Gasteiger partial charge in [0.2, 0.25) is 11.8 Å². The number of carboxylic acid groups (broad SMARTS) is 1. The molecule has 1 aromatic heterocycles. The summed E-state index contributed by atoms with van der Waals surface area (Å²) in [6.45, 7) is 3.55. The molecular formula is C28H28F3N3O4. The molecule has 2 aliphatic heterocycles. The van der Waals surface area contributed by atoms with E-state index in [-0.39, 0.29) is 24.3 Å². The molecule has 3 heterocycles. The molecule has 0 spiro atoms. The van der Waals surface area contributed by atoms with Crippen LogP contribution in [0.2, 0.25) is 0 Å². The van der Waals surface area contributed by atoms with Gasteiger partial charge in [-0.15, -0.1) is 0 Å². The molecule has 0 bridgehead atoms. The van der Waals surface area contributed by atoms with Crippen molar-refractivity contribution in [2.75, 3.05) is 0 Å². The van der Waals surface area contributed by atoms with Gasteiger partial charge >= 0.3 is 12.1 Å². The number of fused-ring (bicyclic) bond motifs is 5. The number of aromatic amines is 1. The van der Waals surface area contributed by atoms with Crippen molar-refractivity contribution < 1.29 is 32.7 Å². The first-order valence-electron chi connectivity index (χ1n) is 12.6. The number of hydrogen-bond donors (Lipinski definition) is 3. The Morgan fingerprint density at radius 1 is 1.18 bits per heavy atom. The number of alkyl halides is 3. The molecule has 0 aliphatic carbocycles. The maximum absolute atomic E-state index is 13.8. The molecule has 1 saturated heterocycles. The number of carbonyl (C=O) groups is 3. The van der Waals surface area contributed by atoms with Crippen molar-refractivity contribution in [2.24, 2.45) is 5.92 Å². The Morgan fingerprint density at radius 3 is 2.61 bits per heavy atom. The number of H-pyrrole nitrogens is 1. The van der Waals surface area contributed by atoms with Crippen LogP contribution >= 0.6 is 0 Å². The molecule has 0 radical (unpaired) electrons. The van der Waals surface area contributed by atoms with Crippen LogP contribution in [0, 0.1) is 5.92 Å². The second-order valence-corrected chi connectivity index (χ2v) is 10.2. The highest BCUT2D eigenvalue weighted by Gasteiger charge is 2.51. The molecule has 38 heavy (non-hydrogen) atoms. The van der Waals surface area contributed by atoms with Crippen LogP contribution in [0.3, 0.4) is 0 Å². The van der Waals surface area contributed by atoms with E-state index in [9.17, 15) is 32.7 Å². The number of halogens is 3. The first-order valence-corrected chi connectivity index (χ1v) is 12.6. The van der Waals surface area contributed by atoms with Crippen molar-refractivity contribution in [2.45, 2.75) is 63.3 Å². The standard InChI is InChI=1S/C28H28F3N3O4/c1-3-14(2)23(27(37)38)33-25(35)22-13-19-17-9-4-5-10-20(17)32-24(19)21-12-18(26(36)34(21)22)15-7-6-8-16(11-15)28(29,30)31/h4-11,14,18,21-23,32H,3,12-13H2,1-2H3,(H,33,35)(H,37,38)/t14-,18?,21?,22-,23-/m0/s1. The van der Waals surface area contributed by atoms with Crippen LogP contribution in [-0.4, -0.2) is 44.9 Å². The van der Waals surface area contributed by atoms with Gasteiger partial charge in [-0.1, -0.05) is 56.7 Å². The SMILES string of the molecule is CC[C@H](C)[C@H](NC(=O)[C@@H]1Cc2c([nH]c3ccccc23)C2CC(c3cccc(C(F)(F)F)c3)C(=O)N21)C(=O)O. The van der Waals surface area contributed by atoms with Gasteiger partial charge in [-0.3, -0.25) is 9.59 Å². The van der Waals surface area contributed by atoms with Gasteiger partial charge in [-0.25, -0.2) is 4.79 Å². The van der Waals surface area contributed by atoms with E-state index in [1.54, 1.807) is 6.92 Å². The highest BCUT2D eigenvalue weighted by molar-refractivity contribution is 5.96. The second kappa shape index (κ2) is 9.49. The van der Waals surface area contributed by atoms with Gasteiger partial charge in [0.05, 0.1) is 17.5 Å². The molecule has 5 atom stereocenters. The Balaban J connectivity index is 1.56. The van der Waals surface area contributed by atoms with Crippen LogP contribution in [0.15, 0.2) is 48.5 Å². The lowest BCUT2D eigenvalue weighted by Crippen LogP contribution is -2.56. The van der Waals surface area contributed by atoms with Crippen molar-refractivity contribution in [1.82, 2.24) is 15.2 Å². The largest absolute Gasteiger partial charge is 0.480 e. The van der Waals surface area contributed by atoms with E-state index < -0.39 is 53.6 Å². The summed E-state index contributed by atoms with van der Waals surface area (Å²) in [6, 6.07) is 9.57. The average Bonchev–Trinajstić information content (AvgIpc) is 3.43. The molecule has 2 amide bonds. The number of benzene rings is 2. The molecule has 0 saturated carbocycles.